The molecule has 90 valence electrons. The van der Waals surface area contributed by atoms with Crippen molar-refractivity contribution in [2.24, 2.45) is 0 Å². The predicted octanol–water partition coefficient (Wildman–Crippen LogP) is 5.11. The first-order chi connectivity index (χ1) is 8.16. The average molecular weight is 351 g/mol. The third-order valence-corrected chi connectivity index (χ3v) is 4.96. The van der Waals surface area contributed by atoms with E-state index in [0.29, 0.717) is 10.0 Å². The lowest BCUT2D eigenvalue weighted by Gasteiger charge is -2.05. The largest absolute Gasteiger partial charge is 0.308 e. The fraction of sp³-hybridized carbons (Fsp3) is 0.167. The van der Waals surface area contributed by atoms with Gasteiger partial charge < -0.3 is 5.32 Å². The lowest BCUT2D eigenvalue weighted by molar-refractivity contribution is 0.699. The van der Waals surface area contributed by atoms with Gasteiger partial charge in [-0.05, 0) is 45.1 Å². The summed E-state index contributed by atoms with van der Waals surface area (Å²) < 4.78 is 1.16. The van der Waals surface area contributed by atoms with Crippen LogP contribution in [0, 0.1) is 0 Å². The van der Waals surface area contributed by atoms with Crippen molar-refractivity contribution in [3.8, 4) is 0 Å². The van der Waals surface area contributed by atoms with Crippen LogP contribution >= 0.6 is 50.5 Å². The van der Waals surface area contributed by atoms with Gasteiger partial charge in [-0.15, -0.1) is 11.3 Å². The molecule has 1 nitrogen and oxygen atoms in total. The number of benzene rings is 1. The first kappa shape index (κ1) is 13.4. The molecule has 0 atom stereocenters. The quantitative estimate of drug-likeness (QED) is 0.808. The molecule has 0 aliphatic rings. The highest BCUT2D eigenvalue weighted by atomic mass is 79.9. The Morgan fingerprint density at radius 2 is 1.94 bits per heavy atom. The Hall–Kier alpha value is -0.0600. The van der Waals surface area contributed by atoms with E-state index in [-0.39, 0.29) is 0 Å². The number of hydrogen-bond acceptors (Lipinski definition) is 2. The van der Waals surface area contributed by atoms with Crippen molar-refractivity contribution in [3.63, 3.8) is 0 Å². The van der Waals surface area contributed by atoms with E-state index in [1.54, 1.807) is 11.3 Å². The summed E-state index contributed by atoms with van der Waals surface area (Å²) in [5, 5.41) is 6.63. The number of nitrogens with one attached hydrogen (secondary N) is 1. The van der Waals surface area contributed by atoms with Crippen LogP contribution in [-0.4, -0.2) is 0 Å². The molecule has 1 N–H and O–H groups in total. The Bertz CT molecular complexity index is 513. The molecule has 0 unspecified atom stereocenters. The Labute approximate surface area is 123 Å². The molecule has 0 saturated heterocycles. The van der Waals surface area contributed by atoms with Crippen molar-refractivity contribution in [3.05, 3.63) is 54.6 Å². The van der Waals surface area contributed by atoms with Crippen molar-refractivity contribution in [1.29, 1.82) is 0 Å². The van der Waals surface area contributed by atoms with Gasteiger partial charge in [-0.1, -0.05) is 29.3 Å². The SMILES string of the molecule is Clc1ccc(CNCc2sccc2Br)cc1Cl. The summed E-state index contributed by atoms with van der Waals surface area (Å²) in [5.74, 6) is 0. The van der Waals surface area contributed by atoms with Gasteiger partial charge in [0, 0.05) is 22.4 Å². The summed E-state index contributed by atoms with van der Waals surface area (Å²) in [5.41, 5.74) is 1.13. The van der Waals surface area contributed by atoms with E-state index in [2.05, 4.69) is 32.7 Å². The molecule has 17 heavy (non-hydrogen) atoms. The molecule has 2 aromatic rings. The van der Waals surface area contributed by atoms with Gasteiger partial charge in [0.1, 0.15) is 0 Å². The van der Waals surface area contributed by atoms with Gasteiger partial charge in [-0.3, -0.25) is 0 Å². The van der Waals surface area contributed by atoms with Gasteiger partial charge in [-0.25, -0.2) is 0 Å². The van der Waals surface area contributed by atoms with Gasteiger partial charge >= 0.3 is 0 Å². The zero-order chi connectivity index (χ0) is 12.3. The predicted molar refractivity (Wildman–Crippen MR) is 79.0 cm³/mol. The monoisotopic (exact) mass is 349 g/mol. The van der Waals surface area contributed by atoms with E-state index < -0.39 is 0 Å². The fourth-order valence-corrected chi connectivity index (χ4v) is 3.20. The molecule has 2 rings (SSSR count). The Morgan fingerprint density at radius 3 is 2.59 bits per heavy atom. The van der Waals surface area contributed by atoms with Crippen LogP contribution in [-0.2, 0) is 13.1 Å². The van der Waals surface area contributed by atoms with Crippen molar-refractivity contribution >= 4 is 50.5 Å². The minimum atomic E-state index is 0.594. The molecule has 0 fully saturated rings. The fourth-order valence-electron chi connectivity index (χ4n) is 1.42. The molecule has 1 aromatic carbocycles. The van der Waals surface area contributed by atoms with Crippen LogP contribution in [0.2, 0.25) is 10.0 Å². The third kappa shape index (κ3) is 3.70. The van der Waals surface area contributed by atoms with Gasteiger partial charge in [0.05, 0.1) is 10.0 Å². The average Bonchev–Trinajstić information content (AvgIpc) is 2.70. The normalized spacial score (nSPS) is 10.8. The van der Waals surface area contributed by atoms with E-state index in [4.69, 9.17) is 23.2 Å². The molecule has 0 aliphatic carbocycles. The van der Waals surface area contributed by atoms with Crippen molar-refractivity contribution in [1.82, 2.24) is 5.32 Å². The van der Waals surface area contributed by atoms with Crippen molar-refractivity contribution in [2.75, 3.05) is 0 Å². The Morgan fingerprint density at radius 1 is 1.12 bits per heavy atom. The maximum absolute atomic E-state index is 5.95. The maximum Gasteiger partial charge on any atom is 0.0595 e. The van der Waals surface area contributed by atoms with E-state index in [1.807, 2.05) is 18.2 Å². The molecule has 1 aromatic heterocycles. The summed E-state index contributed by atoms with van der Waals surface area (Å²) in [7, 11) is 0. The van der Waals surface area contributed by atoms with Crippen molar-refractivity contribution < 1.29 is 0 Å². The van der Waals surface area contributed by atoms with Gasteiger partial charge in [0.25, 0.3) is 0 Å². The zero-order valence-electron chi connectivity index (χ0n) is 8.84. The summed E-state index contributed by atoms with van der Waals surface area (Å²) in [6.07, 6.45) is 0. The molecule has 0 radical (unpaired) electrons. The second-order valence-corrected chi connectivity index (χ2v) is 6.21. The lowest BCUT2D eigenvalue weighted by Crippen LogP contribution is -2.11. The highest BCUT2D eigenvalue weighted by molar-refractivity contribution is 9.10. The first-order valence-corrected chi connectivity index (χ1v) is 7.46. The molecule has 0 amide bonds. The van der Waals surface area contributed by atoms with Gasteiger partial charge in [0.15, 0.2) is 0 Å². The van der Waals surface area contributed by atoms with E-state index in [0.717, 1.165) is 23.1 Å². The molecule has 1 heterocycles. The smallest absolute Gasteiger partial charge is 0.0595 e. The molecule has 0 saturated carbocycles. The summed E-state index contributed by atoms with van der Waals surface area (Å²) in [6, 6.07) is 7.74. The molecule has 0 spiro atoms. The number of halogens is 3. The third-order valence-electron chi connectivity index (χ3n) is 2.29. The molecule has 0 bridgehead atoms. The highest BCUT2D eigenvalue weighted by Gasteiger charge is 2.02. The minimum Gasteiger partial charge on any atom is -0.308 e. The first-order valence-electron chi connectivity index (χ1n) is 5.03. The summed E-state index contributed by atoms with van der Waals surface area (Å²) in [4.78, 5) is 1.30. The topological polar surface area (TPSA) is 12.0 Å². The van der Waals surface area contributed by atoms with Crippen LogP contribution in [0.1, 0.15) is 10.4 Å². The Kier molecular flexibility index (Phi) is 4.88. The van der Waals surface area contributed by atoms with Crippen LogP contribution in [0.15, 0.2) is 34.1 Å². The van der Waals surface area contributed by atoms with E-state index in [1.165, 1.54) is 4.88 Å². The minimum absolute atomic E-state index is 0.594. The summed E-state index contributed by atoms with van der Waals surface area (Å²) >= 11 is 17.1. The van der Waals surface area contributed by atoms with Crippen LogP contribution in [0.5, 0.6) is 0 Å². The maximum atomic E-state index is 5.95. The van der Waals surface area contributed by atoms with Gasteiger partial charge in [0.2, 0.25) is 0 Å². The molecule has 0 aliphatic heterocycles. The highest BCUT2D eigenvalue weighted by Crippen LogP contribution is 2.24. The lowest BCUT2D eigenvalue weighted by atomic mass is 10.2. The number of thiophene rings is 1. The van der Waals surface area contributed by atoms with Crippen LogP contribution in [0.25, 0.3) is 0 Å². The molecular weight excluding hydrogens is 341 g/mol. The molecular formula is C12H10BrCl2NS. The molecule has 5 heteroatoms. The number of rotatable bonds is 4. The second kappa shape index (κ2) is 6.21. The van der Waals surface area contributed by atoms with E-state index >= 15 is 0 Å². The van der Waals surface area contributed by atoms with Gasteiger partial charge in [-0.2, -0.15) is 0 Å². The standard InChI is InChI=1S/C12H10BrCl2NS/c13-9-3-4-17-12(9)7-16-6-8-1-2-10(14)11(15)5-8/h1-5,16H,6-7H2. The van der Waals surface area contributed by atoms with Crippen LogP contribution < -0.4 is 5.32 Å². The Balaban J connectivity index is 1.90. The second-order valence-electron chi connectivity index (χ2n) is 3.54. The van der Waals surface area contributed by atoms with Crippen LogP contribution in [0.3, 0.4) is 0 Å². The summed E-state index contributed by atoms with van der Waals surface area (Å²) in [6.45, 7) is 1.62. The van der Waals surface area contributed by atoms with Crippen LogP contribution in [0.4, 0.5) is 0 Å². The van der Waals surface area contributed by atoms with E-state index in [9.17, 15) is 0 Å². The van der Waals surface area contributed by atoms with Crippen molar-refractivity contribution in [2.45, 2.75) is 13.1 Å². The zero-order valence-corrected chi connectivity index (χ0v) is 12.8. The number of hydrogen-bond donors (Lipinski definition) is 1.